The molecule has 2 unspecified atom stereocenters. The smallest absolute Gasteiger partial charge is 0.354 e. The third kappa shape index (κ3) is 1.99. The molecule has 17 heavy (non-hydrogen) atoms. The summed E-state index contributed by atoms with van der Waals surface area (Å²) >= 11 is 0. The van der Waals surface area contributed by atoms with Gasteiger partial charge in [0.25, 0.3) is 5.91 Å². The molecule has 1 saturated heterocycles. The van der Waals surface area contributed by atoms with E-state index in [0.717, 1.165) is 11.2 Å². The molecule has 92 valence electrons. The molecule has 2 rings (SSSR count). The maximum Gasteiger partial charge on any atom is 0.354 e. The van der Waals surface area contributed by atoms with Crippen molar-refractivity contribution in [1.82, 2.24) is 14.9 Å². The highest BCUT2D eigenvalue weighted by molar-refractivity contribution is 6.02. The molecule has 0 spiro atoms. The number of amides is 1. The Hall–Kier alpha value is -1.93. The Balaban J connectivity index is 2.21. The third-order valence-electron chi connectivity index (χ3n) is 2.60. The summed E-state index contributed by atoms with van der Waals surface area (Å²) in [5, 5.41) is 27.4. The summed E-state index contributed by atoms with van der Waals surface area (Å²) in [6.45, 7) is -0.0716. The van der Waals surface area contributed by atoms with E-state index in [9.17, 15) is 19.8 Å². The van der Waals surface area contributed by atoms with Crippen molar-refractivity contribution in [2.75, 3.05) is 13.1 Å². The van der Waals surface area contributed by atoms with Crippen LogP contribution in [0, 0.1) is 0 Å². The predicted molar refractivity (Wildman–Crippen MR) is 53.5 cm³/mol. The number of carboxylic acid groups (broad SMARTS) is 1. The number of aromatic nitrogens is 2. The van der Waals surface area contributed by atoms with Crippen molar-refractivity contribution in [1.29, 1.82) is 0 Å². The highest BCUT2D eigenvalue weighted by Crippen LogP contribution is 2.14. The minimum Gasteiger partial charge on any atom is -0.477 e. The van der Waals surface area contributed by atoms with E-state index in [0.29, 0.717) is 0 Å². The quantitative estimate of drug-likeness (QED) is 0.488. The average molecular weight is 241 g/mol. The molecule has 0 aromatic carbocycles. The number of imidazole rings is 1. The summed E-state index contributed by atoms with van der Waals surface area (Å²) in [7, 11) is 0. The maximum atomic E-state index is 11.9. The summed E-state index contributed by atoms with van der Waals surface area (Å²) in [5.41, 5.74) is -0.523. The number of nitrogens with zero attached hydrogens (tertiary/aromatic N) is 2. The summed E-state index contributed by atoms with van der Waals surface area (Å²) in [6.07, 6.45) is -0.906. The molecule has 1 aliphatic rings. The van der Waals surface area contributed by atoms with E-state index in [4.69, 9.17) is 5.11 Å². The largest absolute Gasteiger partial charge is 0.477 e. The minimum atomic E-state index is -1.29. The van der Waals surface area contributed by atoms with Gasteiger partial charge in [0.15, 0.2) is 11.4 Å². The molecule has 0 bridgehead atoms. The van der Waals surface area contributed by atoms with E-state index in [2.05, 4.69) is 9.97 Å². The molecule has 1 aliphatic heterocycles. The summed E-state index contributed by atoms with van der Waals surface area (Å²) in [6, 6.07) is 0. The van der Waals surface area contributed by atoms with Crippen molar-refractivity contribution in [2.45, 2.75) is 12.2 Å². The van der Waals surface area contributed by atoms with Gasteiger partial charge >= 0.3 is 5.97 Å². The fourth-order valence-electron chi connectivity index (χ4n) is 1.70. The zero-order valence-corrected chi connectivity index (χ0v) is 8.70. The zero-order chi connectivity index (χ0) is 12.6. The van der Waals surface area contributed by atoms with Crippen LogP contribution in [0.1, 0.15) is 21.0 Å². The van der Waals surface area contributed by atoms with Gasteiger partial charge in [-0.1, -0.05) is 0 Å². The normalized spacial score (nSPS) is 24.0. The standard InChI is InChI=1S/C9H11N3O5/c13-4-1-12(2-5(4)14)8(15)6-7(9(16)17)11-3-10-6/h3-5,13-14H,1-2H2,(H,10,11)(H,16,17). The number of hydrogen-bond acceptors (Lipinski definition) is 5. The van der Waals surface area contributed by atoms with Crippen molar-refractivity contribution in [3.63, 3.8) is 0 Å². The number of aromatic carboxylic acids is 1. The fourth-order valence-corrected chi connectivity index (χ4v) is 1.70. The first kappa shape index (κ1) is 11.6. The first-order chi connectivity index (χ1) is 8.00. The fraction of sp³-hybridized carbons (Fsp3) is 0.444. The van der Waals surface area contributed by atoms with E-state index in [1.54, 1.807) is 0 Å². The Labute approximate surface area is 95.5 Å². The van der Waals surface area contributed by atoms with Gasteiger partial charge in [0.2, 0.25) is 0 Å². The SMILES string of the molecule is O=C(O)c1[nH]cnc1C(=O)N1CC(O)C(O)C1. The number of hydrogen-bond donors (Lipinski definition) is 4. The second kappa shape index (κ2) is 4.15. The summed E-state index contributed by atoms with van der Waals surface area (Å²) in [4.78, 5) is 29.8. The van der Waals surface area contributed by atoms with Crippen LogP contribution in [-0.4, -0.2) is 67.4 Å². The molecule has 1 aromatic rings. The molecular formula is C9H11N3O5. The second-order valence-electron chi connectivity index (χ2n) is 3.78. The summed E-state index contributed by atoms with van der Waals surface area (Å²) < 4.78 is 0. The molecule has 8 heteroatoms. The molecule has 0 saturated carbocycles. The van der Waals surface area contributed by atoms with Crippen LogP contribution in [0.15, 0.2) is 6.33 Å². The number of carbonyl (C=O) groups excluding carboxylic acids is 1. The highest BCUT2D eigenvalue weighted by Gasteiger charge is 2.35. The number of aliphatic hydroxyl groups is 2. The van der Waals surface area contributed by atoms with Gasteiger partial charge in [0.05, 0.1) is 18.5 Å². The lowest BCUT2D eigenvalue weighted by atomic mass is 10.3. The van der Waals surface area contributed by atoms with Crippen molar-refractivity contribution >= 4 is 11.9 Å². The molecule has 1 fully saturated rings. The Morgan fingerprint density at radius 1 is 1.35 bits per heavy atom. The van der Waals surface area contributed by atoms with Gasteiger partial charge in [-0.3, -0.25) is 4.79 Å². The number of β-amino-alcohol motifs (C(OH)–C–C–N with tert-alkyl or cyclic N) is 2. The van der Waals surface area contributed by atoms with E-state index in [1.807, 2.05) is 0 Å². The second-order valence-corrected chi connectivity index (χ2v) is 3.78. The average Bonchev–Trinajstić information content (AvgIpc) is 2.85. The molecule has 0 aliphatic carbocycles. The lowest BCUT2D eigenvalue weighted by Gasteiger charge is -2.13. The molecule has 0 radical (unpaired) electrons. The van der Waals surface area contributed by atoms with E-state index in [1.165, 1.54) is 0 Å². The first-order valence-corrected chi connectivity index (χ1v) is 4.92. The number of likely N-dealkylation sites (tertiary alicyclic amines) is 1. The van der Waals surface area contributed by atoms with Crippen LogP contribution >= 0.6 is 0 Å². The van der Waals surface area contributed by atoms with E-state index in [-0.39, 0.29) is 24.5 Å². The van der Waals surface area contributed by atoms with Gasteiger partial charge in [-0.15, -0.1) is 0 Å². The topological polar surface area (TPSA) is 127 Å². The van der Waals surface area contributed by atoms with Gasteiger partial charge < -0.3 is 25.2 Å². The van der Waals surface area contributed by atoms with Crippen LogP contribution in [0.5, 0.6) is 0 Å². The number of H-pyrrole nitrogens is 1. The lowest BCUT2D eigenvalue weighted by molar-refractivity contribution is 0.0572. The lowest BCUT2D eigenvalue weighted by Crippen LogP contribution is -2.31. The molecule has 1 amide bonds. The van der Waals surface area contributed by atoms with Crippen LogP contribution in [0.2, 0.25) is 0 Å². The molecule has 8 nitrogen and oxygen atoms in total. The van der Waals surface area contributed by atoms with Crippen LogP contribution in [-0.2, 0) is 0 Å². The highest BCUT2D eigenvalue weighted by atomic mass is 16.4. The molecule has 2 atom stereocenters. The third-order valence-corrected chi connectivity index (χ3v) is 2.60. The number of nitrogens with one attached hydrogen (secondary N) is 1. The maximum absolute atomic E-state index is 11.9. The van der Waals surface area contributed by atoms with Gasteiger partial charge in [0, 0.05) is 13.1 Å². The van der Waals surface area contributed by atoms with Crippen molar-refractivity contribution in [3.8, 4) is 0 Å². The van der Waals surface area contributed by atoms with Crippen LogP contribution in [0.3, 0.4) is 0 Å². The van der Waals surface area contributed by atoms with Gasteiger partial charge in [0.1, 0.15) is 0 Å². The number of carboxylic acids is 1. The van der Waals surface area contributed by atoms with Crippen LogP contribution in [0.25, 0.3) is 0 Å². The summed E-state index contributed by atoms with van der Waals surface area (Å²) in [5.74, 6) is -1.91. The molecular weight excluding hydrogens is 230 g/mol. The monoisotopic (exact) mass is 241 g/mol. The Kier molecular flexibility index (Phi) is 2.82. The zero-order valence-electron chi connectivity index (χ0n) is 8.70. The van der Waals surface area contributed by atoms with Crippen molar-refractivity contribution in [3.05, 3.63) is 17.7 Å². The predicted octanol–water partition coefficient (Wildman–Crippen LogP) is -1.71. The number of aliphatic hydroxyl groups excluding tert-OH is 2. The minimum absolute atomic E-state index is 0.0358. The number of carbonyl (C=O) groups is 2. The van der Waals surface area contributed by atoms with Gasteiger partial charge in [-0.25, -0.2) is 9.78 Å². The van der Waals surface area contributed by atoms with Crippen LogP contribution in [0.4, 0.5) is 0 Å². The van der Waals surface area contributed by atoms with Crippen molar-refractivity contribution < 1.29 is 24.9 Å². The first-order valence-electron chi connectivity index (χ1n) is 4.92. The van der Waals surface area contributed by atoms with Crippen LogP contribution < -0.4 is 0 Å². The van der Waals surface area contributed by atoms with Gasteiger partial charge in [-0.05, 0) is 0 Å². The Morgan fingerprint density at radius 3 is 2.47 bits per heavy atom. The Bertz CT molecular complexity index is 447. The molecule has 1 aromatic heterocycles. The van der Waals surface area contributed by atoms with E-state index < -0.39 is 24.1 Å². The van der Waals surface area contributed by atoms with Crippen molar-refractivity contribution in [2.24, 2.45) is 0 Å². The van der Waals surface area contributed by atoms with Gasteiger partial charge in [-0.2, -0.15) is 0 Å². The Morgan fingerprint density at radius 2 is 1.94 bits per heavy atom. The molecule has 4 N–H and O–H groups in total. The number of aromatic amines is 1. The molecule has 2 heterocycles. The number of rotatable bonds is 2. The van der Waals surface area contributed by atoms with E-state index >= 15 is 0 Å².